The maximum Gasteiger partial charge on any atom is 0.406 e. The van der Waals surface area contributed by atoms with E-state index >= 15 is 0 Å². The van der Waals surface area contributed by atoms with Crippen molar-refractivity contribution in [2.45, 2.75) is 12.6 Å². The first-order chi connectivity index (χ1) is 12.4. The van der Waals surface area contributed by atoms with E-state index in [1.807, 2.05) is 6.07 Å². The van der Waals surface area contributed by atoms with Crippen LogP contribution in [0.5, 0.6) is 0 Å². The van der Waals surface area contributed by atoms with Crippen LogP contribution >= 0.6 is 11.3 Å². The molecule has 134 valence electrons. The van der Waals surface area contributed by atoms with Crippen LogP contribution in [0.3, 0.4) is 0 Å². The summed E-state index contributed by atoms with van der Waals surface area (Å²) in [5, 5.41) is 11.3. The standard InChI is InChI=1S/C16H12F3N5OS/c17-16(18,19)9-24(7-1-4-20)15(25)12-8-26-14(23-12)11-3-6-22-13-10(11)2-5-21-13/h2-3,5-6,8H,1,7,9H2,(H,21,22). The molecule has 3 aromatic rings. The smallest absolute Gasteiger partial charge is 0.346 e. The van der Waals surface area contributed by atoms with E-state index in [1.165, 1.54) is 5.38 Å². The van der Waals surface area contributed by atoms with Crippen LogP contribution in [0.1, 0.15) is 16.9 Å². The molecule has 10 heteroatoms. The maximum absolute atomic E-state index is 12.7. The van der Waals surface area contributed by atoms with Crippen LogP contribution in [0.2, 0.25) is 0 Å². The lowest BCUT2D eigenvalue weighted by Gasteiger charge is -2.21. The molecule has 0 aliphatic heterocycles. The van der Waals surface area contributed by atoms with Gasteiger partial charge in [-0.1, -0.05) is 0 Å². The predicted octanol–water partition coefficient (Wildman–Crippen LogP) is 3.60. The molecule has 0 radical (unpaired) electrons. The van der Waals surface area contributed by atoms with Gasteiger partial charge in [0.2, 0.25) is 0 Å². The Bertz CT molecular complexity index is 972. The first kappa shape index (κ1) is 17.9. The Morgan fingerprint density at radius 1 is 1.38 bits per heavy atom. The summed E-state index contributed by atoms with van der Waals surface area (Å²) in [6.45, 7) is -1.73. The molecule has 0 saturated carbocycles. The van der Waals surface area contributed by atoms with E-state index in [0.29, 0.717) is 15.6 Å². The highest BCUT2D eigenvalue weighted by molar-refractivity contribution is 7.13. The molecule has 0 fully saturated rings. The Morgan fingerprint density at radius 2 is 2.19 bits per heavy atom. The lowest BCUT2D eigenvalue weighted by molar-refractivity contribution is -0.140. The zero-order chi connectivity index (χ0) is 18.7. The predicted molar refractivity (Wildman–Crippen MR) is 89.4 cm³/mol. The summed E-state index contributed by atoms with van der Waals surface area (Å²) >= 11 is 1.16. The number of nitrogens with one attached hydrogen (secondary N) is 1. The van der Waals surface area contributed by atoms with Crippen LogP contribution in [-0.2, 0) is 0 Å². The quantitative estimate of drug-likeness (QED) is 0.734. The topological polar surface area (TPSA) is 85.7 Å². The molecule has 1 N–H and O–H groups in total. The van der Waals surface area contributed by atoms with Crippen LogP contribution in [-0.4, -0.2) is 45.0 Å². The third kappa shape index (κ3) is 3.83. The monoisotopic (exact) mass is 379 g/mol. The van der Waals surface area contributed by atoms with E-state index in [-0.39, 0.29) is 18.7 Å². The number of alkyl halides is 3. The highest BCUT2D eigenvalue weighted by Gasteiger charge is 2.34. The number of rotatable bonds is 5. The van der Waals surface area contributed by atoms with E-state index < -0.39 is 18.6 Å². The van der Waals surface area contributed by atoms with E-state index in [1.54, 1.807) is 24.5 Å². The minimum absolute atomic E-state index is 0.0762. The average molecular weight is 379 g/mol. The van der Waals surface area contributed by atoms with Gasteiger partial charge in [-0.15, -0.1) is 11.3 Å². The number of carbonyl (C=O) groups excluding carboxylic acids is 1. The molecule has 0 spiro atoms. The number of pyridine rings is 1. The molecule has 0 atom stereocenters. The van der Waals surface area contributed by atoms with Crippen molar-refractivity contribution in [3.05, 3.63) is 35.6 Å². The van der Waals surface area contributed by atoms with Gasteiger partial charge in [0.1, 0.15) is 22.9 Å². The first-order valence-electron chi connectivity index (χ1n) is 7.50. The molecule has 1 amide bonds. The molecule has 6 nitrogen and oxygen atoms in total. The lowest BCUT2D eigenvalue weighted by Crippen LogP contribution is -2.39. The van der Waals surface area contributed by atoms with Crippen molar-refractivity contribution in [3.8, 4) is 16.6 Å². The van der Waals surface area contributed by atoms with E-state index in [9.17, 15) is 18.0 Å². The number of H-pyrrole nitrogens is 1. The maximum atomic E-state index is 12.7. The zero-order valence-electron chi connectivity index (χ0n) is 13.2. The SMILES string of the molecule is N#CCCN(CC(F)(F)F)C(=O)c1csc(-c2ccnc3[nH]ccc23)n1. The normalized spacial score (nSPS) is 11.5. The second-order valence-corrected chi connectivity index (χ2v) is 6.24. The fourth-order valence-corrected chi connectivity index (χ4v) is 3.29. The molecule has 3 heterocycles. The molecule has 0 saturated heterocycles. The molecule has 0 aliphatic rings. The van der Waals surface area contributed by atoms with Gasteiger partial charge < -0.3 is 9.88 Å². The molecule has 0 aromatic carbocycles. The molecule has 3 aromatic heterocycles. The van der Waals surface area contributed by atoms with Crippen LogP contribution in [0, 0.1) is 11.3 Å². The van der Waals surface area contributed by atoms with Crippen LogP contribution in [0.15, 0.2) is 29.9 Å². The van der Waals surface area contributed by atoms with Crippen molar-refractivity contribution in [3.63, 3.8) is 0 Å². The molecule has 0 unspecified atom stereocenters. The van der Waals surface area contributed by atoms with Gasteiger partial charge in [0.15, 0.2) is 0 Å². The summed E-state index contributed by atoms with van der Waals surface area (Å²) in [7, 11) is 0. The Kier molecular flexibility index (Phi) is 4.90. The van der Waals surface area contributed by atoms with Crippen LogP contribution in [0.4, 0.5) is 13.2 Å². The summed E-state index contributed by atoms with van der Waals surface area (Å²) in [5.41, 5.74) is 1.31. The number of carbonyl (C=O) groups is 1. The van der Waals surface area contributed by atoms with Gasteiger partial charge >= 0.3 is 6.18 Å². The van der Waals surface area contributed by atoms with E-state index in [2.05, 4.69) is 15.0 Å². The van der Waals surface area contributed by atoms with Crippen molar-refractivity contribution in [1.82, 2.24) is 19.9 Å². The molecule has 26 heavy (non-hydrogen) atoms. The molecular formula is C16H12F3N5OS. The Morgan fingerprint density at radius 3 is 2.92 bits per heavy atom. The van der Waals surface area contributed by atoms with Gasteiger partial charge in [0.05, 0.1) is 12.5 Å². The van der Waals surface area contributed by atoms with Crippen LogP contribution < -0.4 is 0 Å². The summed E-state index contributed by atoms with van der Waals surface area (Å²) in [4.78, 5) is 24.4. The third-order valence-corrected chi connectivity index (χ3v) is 4.44. The summed E-state index contributed by atoms with van der Waals surface area (Å²) in [5.74, 6) is -0.848. The Labute approximate surface area is 149 Å². The zero-order valence-corrected chi connectivity index (χ0v) is 14.1. The van der Waals surface area contributed by atoms with Crippen molar-refractivity contribution >= 4 is 28.3 Å². The number of fused-ring (bicyclic) bond motifs is 1. The van der Waals surface area contributed by atoms with Crippen LogP contribution in [0.25, 0.3) is 21.6 Å². The van der Waals surface area contributed by atoms with Gasteiger partial charge in [-0.2, -0.15) is 18.4 Å². The molecule has 0 bridgehead atoms. The molecule has 0 aliphatic carbocycles. The molecular weight excluding hydrogens is 367 g/mol. The van der Waals surface area contributed by atoms with Gasteiger partial charge in [0.25, 0.3) is 5.91 Å². The fourth-order valence-electron chi connectivity index (χ4n) is 2.46. The summed E-state index contributed by atoms with van der Waals surface area (Å²) in [6.07, 6.45) is -1.44. The minimum atomic E-state index is -4.55. The third-order valence-electron chi connectivity index (χ3n) is 3.56. The number of aromatic nitrogens is 3. The van der Waals surface area contributed by atoms with Crippen molar-refractivity contribution < 1.29 is 18.0 Å². The average Bonchev–Trinajstić information content (AvgIpc) is 3.25. The van der Waals surface area contributed by atoms with Gasteiger partial charge in [-0.3, -0.25) is 4.79 Å². The second-order valence-electron chi connectivity index (χ2n) is 5.39. The van der Waals surface area contributed by atoms with Gasteiger partial charge in [-0.05, 0) is 12.1 Å². The van der Waals surface area contributed by atoms with Crippen molar-refractivity contribution in [1.29, 1.82) is 5.26 Å². The van der Waals surface area contributed by atoms with Gasteiger partial charge in [-0.25, -0.2) is 9.97 Å². The van der Waals surface area contributed by atoms with E-state index in [4.69, 9.17) is 5.26 Å². The summed E-state index contributed by atoms with van der Waals surface area (Å²) < 4.78 is 38.1. The number of hydrogen-bond acceptors (Lipinski definition) is 5. The highest BCUT2D eigenvalue weighted by atomic mass is 32.1. The number of nitrogens with zero attached hydrogens (tertiary/aromatic N) is 4. The number of amides is 1. The second kappa shape index (κ2) is 7.13. The molecule has 3 rings (SSSR count). The fraction of sp³-hybridized carbons (Fsp3) is 0.250. The number of halogens is 3. The Hall–Kier alpha value is -2.93. The number of nitriles is 1. The number of hydrogen-bond donors (Lipinski definition) is 1. The van der Waals surface area contributed by atoms with Crippen molar-refractivity contribution in [2.75, 3.05) is 13.1 Å². The van der Waals surface area contributed by atoms with Gasteiger partial charge in [0, 0.05) is 35.3 Å². The van der Waals surface area contributed by atoms with E-state index in [0.717, 1.165) is 22.3 Å². The highest BCUT2D eigenvalue weighted by Crippen LogP contribution is 2.30. The number of thiazole rings is 1. The largest absolute Gasteiger partial charge is 0.406 e. The minimum Gasteiger partial charge on any atom is -0.346 e. The first-order valence-corrected chi connectivity index (χ1v) is 8.38. The Balaban J connectivity index is 1.89. The number of aromatic amines is 1. The summed E-state index contributed by atoms with van der Waals surface area (Å²) in [6, 6.07) is 5.29. The van der Waals surface area contributed by atoms with Crippen molar-refractivity contribution in [2.24, 2.45) is 0 Å². The lowest BCUT2D eigenvalue weighted by atomic mass is 10.2.